The molecular weight excluding hydrogens is 198 g/mol. The summed E-state index contributed by atoms with van der Waals surface area (Å²) in [5.74, 6) is 0. The molecule has 0 amide bonds. The van der Waals surface area contributed by atoms with Crippen molar-refractivity contribution in [2.45, 2.75) is 19.4 Å². The molecule has 3 heteroatoms. The standard InChI is InChI=1S/C13H19N3/c1-2-6-15-12(4-1)8-16-7-3-5-13(11-16)9-14-10-13/h1-2,4,6,14H,3,5,7-11H2. The first-order valence-corrected chi connectivity index (χ1v) is 6.19. The van der Waals surface area contributed by atoms with Gasteiger partial charge in [0.2, 0.25) is 0 Å². The first kappa shape index (κ1) is 10.2. The molecule has 0 radical (unpaired) electrons. The normalized spacial score (nSPS) is 24.2. The molecule has 0 aliphatic carbocycles. The van der Waals surface area contributed by atoms with E-state index in [9.17, 15) is 0 Å². The Hall–Kier alpha value is -0.930. The van der Waals surface area contributed by atoms with Gasteiger partial charge in [-0.3, -0.25) is 9.88 Å². The molecule has 2 saturated heterocycles. The van der Waals surface area contributed by atoms with Gasteiger partial charge in [0.25, 0.3) is 0 Å². The molecule has 2 aliphatic rings. The molecule has 0 unspecified atom stereocenters. The van der Waals surface area contributed by atoms with Gasteiger partial charge in [-0.2, -0.15) is 0 Å². The average molecular weight is 217 g/mol. The molecule has 0 atom stereocenters. The molecule has 0 bridgehead atoms. The lowest BCUT2D eigenvalue weighted by Gasteiger charge is -2.49. The molecule has 1 aromatic heterocycles. The Morgan fingerprint density at radius 3 is 3.00 bits per heavy atom. The van der Waals surface area contributed by atoms with Gasteiger partial charge < -0.3 is 5.32 Å². The second kappa shape index (κ2) is 4.15. The number of aromatic nitrogens is 1. The highest BCUT2D eigenvalue weighted by Crippen LogP contribution is 2.33. The third-order valence-electron chi connectivity index (χ3n) is 3.85. The van der Waals surface area contributed by atoms with Crippen molar-refractivity contribution >= 4 is 0 Å². The van der Waals surface area contributed by atoms with E-state index in [0.29, 0.717) is 5.41 Å². The smallest absolute Gasteiger partial charge is 0.0543 e. The SMILES string of the molecule is c1ccc(CN2CCCC3(CNC3)C2)nc1. The molecule has 3 rings (SSSR count). The van der Waals surface area contributed by atoms with Crippen LogP contribution in [0.5, 0.6) is 0 Å². The van der Waals surface area contributed by atoms with Gasteiger partial charge in [-0.15, -0.1) is 0 Å². The van der Waals surface area contributed by atoms with Crippen molar-refractivity contribution in [3.8, 4) is 0 Å². The summed E-state index contributed by atoms with van der Waals surface area (Å²) in [6.07, 6.45) is 4.63. The number of rotatable bonds is 2. The number of likely N-dealkylation sites (tertiary alicyclic amines) is 1. The summed E-state index contributed by atoms with van der Waals surface area (Å²) >= 11 is 0. The van der Waals surface area contributed by atoms with Crippen LogP contribution in [0, 0.1) is 5.41 Å². The zero-order valence-corrected chi connectivity index (χ0v) is 9.65. The number of hydrogen-bond acceptors (Lipinski definition) is 3. The molecule has 3 nitrogen and oxygen atoms in total. The first-order chi connectivity index (χ1) is 7.86. The van der Waals surface area contributed by atoms with E-state index in [4.69, 9.17) is 0 Å². The van der Waals surface area contributed by atoms with Gasteiger partial charge in [-0.25, -0.2) is 0 Å². The zero-order valence-electron chi connectivity index (χ0n) is 9.65. The second-order valence-electron chi connectivity index (χ2n) is 5.24. The van der Waals surface area contributed by atoms with Gasteiger partial charge in [0, 0.05) is 37.8 Å². The summed E-state index contributed by atoms with van der Waals surface area (Å²) in [5.41, 5.74) is 1.79. The van der Waals surface area contributed by atoms with Crippen LogP contribution in [-0.4, -0.2) is 36.1 Å². The number of piperidine rings is 1. The van der Waals surface area contributed by atoms with Crippen molar-refractivity contribution < 1.29 is 0 Å². The molecule has 2 aliphatic heterocycles. The lowest BCUT2D eigenvalue weighted by atomic mass is 9.75. The summed E-state index contributed by atoms with van der Waals surface area (Å²) < 4.78 is 0. The third-order valence-corrected chi connectivity index (χ3v) is 3.85. The molecule has 0 aromatic carbocycles. The maximum absolute atomic E-state index is 4.41. The topological polar surface area (TPSA) is 28.2 Å². The molecule has 1 N–H and O–H groups in total. The molecule has 16 heavy (non-hydrogen) atoms. The third kappa shape index (κ3) is 1.97. The van der Waals surface area contributed by atoms with Crippen LogP contribution in [-0.2, 0) is 6.54 Å². The summed E-state index contributed by atoms with van der Waals surface area (Å²) in [4.78, 5) is 6.97. The Bertz CT molecular complexity index is 345. The number of pyridine rings is 1. The summed E-state index contributed by atoms with van der Waals surface area (Å²) in [6, 6.07) is 6.18. The highest BCUT2D eigenvalue weighted by atomic mass is 15.2. The van der Waals surface area contributed by atoms with Crippen molar-refractivity contribution in [1.29, 1.82) is 0 Å². The predicted molar refractivity (Wildman–Crippen MR) is 64.1 cm³/mol. The Morgan fingerprint density at radius 1 is 1.38 bits per heavy atom. The number of hydrogen-bond donors (Lipinski definition) is 1. The molecule has 3 heterocycles. The van der Waals surface area contributed by atoms with Gasteiger partial charge in [0.1, 0.15) is 0 Å². The highest BCUT2D eigenvalue weighted by molar-refractivity contribution is 5.05. The van der Waals surface area contributed by atoms with E-state index in [1.54, 1.807) is 0 Å². The van der Waals surface area contributed by atoms with Gasteiger partial charge in [-0.1, -0.05) is 6.07 Å². The maximum Gasteiger partial charge on any atom is 0.0543 e. The fourth-order valence-corrected chi connectivity index (χ4v) is 2.93. The summed E-state index contributed by atoms with van der Waals surface area (Å²) in [5, 5.41) is 3.41. The Kier molecular flexibility index (Phi) is 2.65. The average Bonchev–Trinajstić information content (AvgIpc) is 2.29. The lowest BCUT2D eigenvalue weighted by Crippen LogP contribution is -2.60. The van der Waals surface area contributed by atoms with Crippen LogP contribution < -0.4 is 5.32 Å². The lowest BCUT2D eigenvalue weighted by molar-refractivity contribution is 0.0369. The van der Waals surface area contributed by atoms with Crippen LogP contribution in [0.2, 0.25) is 0 Å². The summed E-state index contributed by atoms with van der Waals surface area (Å²) in [7, 11) is 0. The van der Waals surface area contributed by atoms with Crippen LogP contribution in [0.4, 0.5) is 0 Å². The van der Waals surface area contributed by atoms with E-state index < -0.39 is 0 Å². The highest BCUT2D eigenvalue weighted by Gasteiger charge is 2.40. The van der Waals surface area contributed by atoms with Crippen molar-refractivity contribution in [1.82, 2.24) is 15.2 Å². The van der Waals surface area contributed by atoms with Crippen LogP contribution in [0.25, 0.3) is 0 Å². The Morgan fingerprint density at radius 2 is 2.31 bits per heavy atom. The van der Waals surface area contributed by atoms with Crippen molar-refractivity contribution in [3.05, 3.63) is 30.1 Å². The molecule has 86 valence electrons. The minimum Gasteiger partial charge on any atom is -0.315 e. The number of nitrogens with one attached hydrogen (secondary N) is 1. The van der Waals surface area contributed by atoms with Gasteiger partial charge >= 0.3 is 0 Å². The van der Waals surface area contributed by atoms with Crippen LogP contribution in [0.15, 0.2) is 24.4 Å². The minimum atomic E-state index is 0.590. The molecule has 1 spiro atoms. The van der Waals surface area contributed by atoms with Gasteiger partial charge in [0.05, 0.1) is 5.69 Å². The fourth-order valence-electron chi connectivity index (χ4n) is 2.93. The quantitative estimate of drug-likeness (QED) is 0.808. The second-order valence-corrected chi connectivity index (χ2v) is 5.24. The summed E-state index contributed by atoms with van der Waals surface area (Å²) in [6.45, 7) is 5.93. The zero-order chi connectivity index (χ0) is 10.8. The predicted octanol–water partition coefficient (Wildman–Crippen LogP) is 1.27. The van der Waals surface area contributed by atoms with Gasteiger partial charge in [0.15, 0.2) is 0 Å². The minimum absolute atomic E-state index is 0.590. The van der Waals surface area contributed by atoms with E-state index in [1.165, 1.54) is 44.7 Å². The van der Waals surface area contributed by atoms with Crippen molar-refractivity contribution in [2.24, 2.45) is 5.41 Å². The van der Waals surface area contributed by atoms with E-state index in [2.05, 4.69) is 27.3 Å². The van der Waals surface area contributed by atoms with Crippen LogP contribution in [0.1, 0.15) is 18.5 Å². The molecule has 0 saturated carbocycles. The van der Waals surface area contributed by atoms with Gasteiger partial charge in [-0.05, 0) is 31.5 Å². The van der Waals surface area contributed by atoms with E-state index in [0.717, 1.165) is 6.54 Å². The largest absolute Gasteiger partial charge is 0.315 e. The Balaban J connectivity index is 1.63. The molecule has 1 aromatic rings. The molecule has 2 fully saturated rings. The van der Waals surface area contributed by atoms with E-state index in [1.807, 2.05) is 12.3 Å². The monoisotopic (exact) mass is 217 g/mol. The van der Waals surface area contributed by atoms with E-state index >= 15 is 0 Å². The maximum atomic E-state index is 4.41. The van der Waals surface area contributed by atoms with E-state index in [-0.39, 0.29) is 0 Å². The Labute approximate surface area is 96.9 Å². The molecular formula is C13H19N3. The number of nitrogens with zero attached hydrogens (tertiary/aromatic N) is 2. The van der Waals surface area contributed by atoms with Crippen LogP contribution >= 0.6 is 0 Å². The van der Waals surface area contributed by atoms with Crippen LogP contribution in [0.3, 0.4) is 0 Å². The first-order valence-electron chi connectivity index (χ1n) is 6.19. The van der Waals surface area contributed by atoms with Crippen molar-refractivity contribution in [2.75, 3.05) is 26.2 Å². The fraction of sp³-hybridized carbons (Fsp3) is 0.615. The van der Waals surface area contributed by atoms with Crippen molar-refractivity contribution in [3.63, 3.8) is 0 Å².